The Morgan fingerprint density at radius 1 is 1.12 bits per heavy atom. The van der Waals surface area contributed by atoms with E-state index in [4.69, 9.17) is 37.1 Å². The lowest BCUT2D eigenvalue weighted by molar-refractivity contribution is 0.174. The smallest absolute Gasteiger partial charge is 0.327 e. The first-order valence-electron chi connectivity index (χ1n) is 6.85. The van der Waals surface area contributed by atoms with E-state index in [1.165, 1.54) is 11.3 Å². The molecule has 25 heavy (non-hydrogen) atoms. The Hall–Kier alpha value is -2.49. The van der Waals surface area contributed by atoms with E-state index < -0.39 is 6.03 Å². The van der Waals surface area contributed by atoms with Crippen LogP contribution in [0.2, 0.25) is 8.67 Å². The standard InChI is InChI=1S/C14H8Cl2N4O4S/c15-10-4-7(11(16)25-10)12-19-20-14(24-12)18-13(21)17-6-1-2-8-9(3-6)23-5-22-8/h1-4H,5H2,(H2,17,18,20,21). The first kappa shape index (κ1) is 16.0. The number of carbonyl (C=O) groups excluding carboxylic acids is 1. The number of benzene rings is 1. The number of urea groups is 1. The SMILES string of the molecule is O=C(Nc1ccc2c(c1)OCO2)Nc1nnc(-c2cc(Cl)sc2Cl)o1. The maximum atomic E-state index is 12.0. The Kier molecular flexibility index (Phi) is 4.12. The lowest BCUT2D eigenvalue weighted by Gasteiger charge is -2.05. The van der Waals surface area contributed by atoms with Gasteiger partial charge in [-0.3, -0.25) is 5.32 Å². The number of fused-ring (bicyclic) bond motifs is 1. The van der Waals surface area contributed by atoms with Crippen LogP contribution in [0.5, 0.6) is 11.5 Å². The van der Waals surface area contributed by atoms with Crippen molar-refractivity contribution < 1.29 is 18.7 Å². The predicted octanol–water partition coefficient (Wildman–Crippen LogP) is 4.48. The zero-order valence-corrected chi connectivity index (χ0v) is 14.5. The normalized spacial score (nSPS) is 12.2. The van der Waals surface area contributed by atoms with Crippen LogP contribution in [0.3, 0.4) is 0 Å². The van der Waals surface area contributed by atoms with Gasteiger partial charge in [0.1, 0.15) is 4.34 Å². The van der Waals surface area contributed by atoms with Crippen LogP contribution in [0, 0.1) is 0 Å². The van der Waals surface area contributed by atoms with Gasteiger partial charge in [0.25, 0.3) is 5.89 Å². The Labute approximate surface area is 154 Å². The summed E-state index contributed by atoms with van der Waals surface area (Å²) in [6, 6.07) is 6.01. The third kappa shape index (κ3) is 3.34. The minimum atomic E-state index is -0.552. The third-order valence-electron chi connectivity index (χ3n) is 3.16. The number of halogens is 2. The van der Waals surface area contributed by atoms with Gasteiger partial charge in [-0.25, -0.2) is 4.79 Å². The van der Waals surface area contributed by atoms with Crippen molar-refractivity contribution in [2.45, 2.75) is 0 Å². The number of amides is 2. The third-order valence-corrected chi connectivity index (χ3v) is 4.65. The first-order chi connectivity index (χ1) is 12.1. The molecule has 0 saturated heterocycles. The molecule has 11 heteroatoms. The van der Waals surface area contributed by atoms with Crippen LogP contribution >= 0.6 is 34.5 Å². The molecule has 0 spiro atoms. The summed E-state index contributed by atoms with van der Waals surface area (Å²) in [6.45, 7) is 0.158. The van der Waals surface area contributed by atoms with Gasteiger partial charge in [0.2, 0.25) is 6.79 Å². The molecule has 0 saturated carbocycles. The highest BCUT2D eigenvalue weighted by Gasteiger charge is 2.17. The maximum Gasteiger partial charge on any atom is 0.327 e. The molecule has 0 fully saturated rings. The zero-order valence-electron chi connectivity index (χ0n) is 12.2. The van der Waals surface area contributed by atoms with Gasteiger partial charge in [0.15, 0.2) is 11.5 Å². The first-order valence-corrected chi connectivity index (χ1v) is 8.42. The van der Waals surface area contributed by atoms with Crippen LogP contribution < -0.4 is 20.1 Å². The van der Waals surface area contributed by atoms with Gasteiger partial charge in [-0.15, -0.1) is 16.4 Å². The van der Waals surface area contributed by atoms with Crippen LogP contribution in [0.15, 0.2) is 28.7 Å². The van der Waals surface area contributed by atoms with Gasteiger partial charge in [-0.05, 0) is 18.2 Å². The van der Waals surface area contributed by atoms with Crippen molar-refractivity contribution in [2.75, 3.05) is 17.4 Å². The van der Waals surface area contributed by atoms with Crippen molar-refractivity contribution >= 4 is 52.3 Å². The van der Waals surface area contributed by atoms with Crippen molar-refractivity contribution in [3.05, 3.63) is 32.9 Å². The van der Waals surface area contributed by atoms with E-state index in [-0.39, 0.29) is 18.7 Å². The number of ether oxygens (including phenoxy) is 2. The molecule has 4 rings (SSSR count). The molecule has 0 bridgehead atoms. The fourth-order valence-corrected chi connectivity index (χ4v) is 3.55. The van der Waals surface area contributed by atoms with E-state index in [2.05, 4.69) is 20.8 Å². The molecule has 128 valence electrons. The summed E-state index contributed by atoms with van der Waals surface area (Å²) in [5, 5.41) is 12.7. The molecule has 3 heterocycles. The number of aromatic nitrogens is 2. The molecule has 0 radical (unpaired) electrons. The van der Waals surface area contributed by atoms with E-state index in [9.17, 15) is 4.79 Å². The summed E-state index contributed by atoms with van der Waals surface area (Å²) >= 11 is 13.1. The molecule has 1 aromatic carbocycles. The topological polar surface area (TPSA) is 98.5 Å². The van der Waals surface area contributed by atoms with Gasteiger partial charge >= 0.3 is 12.0 Å². The molecule has 2 amide bonds. The van der Waals surface area contributed by atoms with E-state index in [0.29, 0.717) is 31.4 Å². The van der Waals surface area contributed by atoms with Gasteiger partial charge in [0, 0.05) is 11.8 Å². The van der Waals surface area contributed by atoms with Gasteiger partial charge in [-0.1, -0.05) is 28.3 Å². The molecule has 1 aliphatic rings. The van der Waals surface area contributed by atoms with Gasteiger partial charge in [-0.2, -0.15) is 0 Å². The summed E-state index contributed by atoms with van der Waals surface area (Å²) < 4.78 is 16.7. The average molecular weight is 399 g/mol. The average Bonchev–Trinajstić information content (AvgIpc) is 3.27. The number of anilines is 2. The second-order valence-electron chi connectivity index (χ2n) is 4.80. The summed E-state index contributed by atoms with van der Waals surface area (Å²) in [5.41, 5.74) is 1.03. The summed E-state index contributed by atoms with van der Waals surface area (Å²) in [4.78, 5) is 12.0. The molecular weight excluding hydrogens is 391 g/mol. The summed E-state index contributed by atoms with van der Waals surface area (Å²) in [6.07, 6.45) is 0. The van der Waals surface area contributed by atoms with E-state index in [0.717, 1.165) is 0 Å². The second kappa shape index (κ2) is 6.43. The highest BCUT2D eigenvalue weighted by atomic mass is 35.5. The number of hydrogen-bond donors (Lipinski definition) is 2. The number of nitrogens with one attached hydrogen (secondary N) is 2. The molecule has 2 aromatic heterocycles. The molecule has 0 aliphatic carbocycles. The molecule has 1 aliphatic heterocycles. The van der Waals surface area contributed by atoms with Crippen LogP contribution in [-0.2, 0) is 0 Å². The van der Waals surface area contributed by atoms with E-state index >= 15 is 0 Å². The van der Waals surface area contributed by atoms with Crippen molar-refractivity contribution in [2.24, 2.45) is 0 Å². The molecule has 2 N–H and O–H groups in total. The Morgan fingerprint density at radius 3 is 2.76 bits per heavy atom. The Bertz CT molecular complexity index is 958. The van der Waals surface area contributed by atoms with Crippen LogP contribution in [0.25, 0.3) is 11.5 Å². The maximum absolute atomic E-state index is 12.0. The van der Waals surface area contributed by atoms with Gasteiger partial charge in [0.05, 0.1) is 9.90 Å². The molecule has 0 atom stereocenters. The Balaban J connectivity index is 1.44. The number of hydrogen-bond acceptors (Lipinski definition) is 7. The fourth-order valence-electron chi connectivity index (χ4n) is 2.10. The van der Waals surface area contributed by atoms with Crippen molar-refractivity contribution in [1.82, 2.24) is 10.2 Å². The van der Waals surface area contributed by atoms with Crippen molar-refractivity contribution in [1.29, 1.82) is 0 Å². The second-order valence-corrected chi connectivity index (χ2v) is 7.08. The monoisotopic (exact) mass is 398 g/mol. The van der Waals surface area contributed by atoms with Crippen LogP contribution in [-0.4, -0.2) is 23.0 Å². The lowest BCUT2D eigenvalue weighted by atomic mass is 10.3. The Morgan fingerprint density at radius 2 is 1.96 bits per heavy atom. The lowest BCUT2D eigenvalue weighted by Crippen LogP contribution is -2.19. The van der Waals surface area contributed by atoms with E-state index in [1.54, 1.807) is 24.3 Å². The summed E-state index contributed by atoms with van der Waals surface area (Å²) in [5.74, 6) is 1.34. The van der Waals surface area contributed by atoms with E-state index in [1.807, 2.05) is 0 Å². The minimum absolute atomic E-state index is 0.0772. The molecule has 0 unspecified atom stereocenters. The number of carbonyl (C=O) groups is 1. The molecule has 8 nitrogen and oxygen atoms in total. The number of thiophene rings is 1. The zero-order chi connectivity index (χ0) is 17.4. The largest absolute Gasteiger partial charge is 0.454 e. The molecular formula is C14H8Cl2N4O4S. The number of rotatable bonds is 3. The van der Waals surface area contributed by atoms with Crippen molar-refractivity contribution in [3.8, 4) is 23.0 Å². The van der Waals surface area contributed by atoms with Crippen LogP contribution in [0.4, 0.5) is 16.5 Å². The van der Waals surface area contributed by atoms with Gasteiger partial charge < -0.3 is 19.2 Å². The summed E-state index contributed by atoms with van der Waals surface area (Å²) in [7, 11) is 0. The number of nitrogens with zero attached hydrogens (tertiary/aromatic N) is 2. The van der Waals surface area contributed by atoms with Crippen LogP contribution in [0.1, 0.15) is 0 Å². The highest BCUT2D eigenvalue weighted by molar-refractivity contribution is 7.20. The highest BCUT2D eigenvalue weighted by Crippen LogP contribution is 2.38. The molecule has 3 aromatic rings. The quantitative estimate of drug-likeness (QED) is 0.674. The van der Waals surface area contributed by atoms with Crippen molar-refractivity contribution in [3.63, 3.8) is 0 Å². The predicted molar refractivity (Wildman–Crippen MR) is 92.8 cm³/mol. The minimum Gasteiger partial charge on any atom is -0.454 e. The fraction of sp³-hybridized carbons (Fsp3) is 0.0714.